The minimum absolute atomic E-state index is 0.0123. The highest BCUT2D eigenvalue weighted by atomic mass is 32.2. The van der Waals surface area contributed by atoms with Crippen molar-refractivity contribution in [1.29, 1.82) is 0 Å². The summed E-state index contributed by atoms with van der Waals surface area (Å²) in [6.07, 6.45) is 0.954. The van der Waals surface area contributed by atoms with Gasteiger partial charge in [-0.1, -0.05) is 0 Å². The maximum absolute atomic E-state index is 12.9. The van der Waals surface area contributed by atoms with Crippen molar-refractivity contribution in [3.05, 3.63) is 0 Å². The predicted molar refractivity (Wildman–Crippen MR) is 132 cm³/mol. The van der Waals surface area contributed by atoms with Gasteiger partial charge in [-0.15, -0.1) is 0 Å². The Labute approximate surface area is 211 Å². The molecule has 0 spiro atoms. The van der Waals surface area contributed by atoms with Crippen molar-refractivity contribution in [2.75, 3.05) is 18.6 Å². The number of hydrogen-bond acceptors (Lipinski definition) is 9. The van der Waals surface area contributed by atoms with E-state index in [0.29, 0.717) is 5.75 Å². The molecule has 204 valence electrons. The van der Waals surface area contributed by atoms with Gasteiger partial charge in [-0.2, -0.15) is 11.8 Å². The van der Waals surface area contributed by atoms with E-state index < -0.39 is 72.5 Å². The lowest BCUT2D eigenvalue weighted by molar-refractivity contribution is -0.142. The fourth-order valence-electron chi connectivity index (χ4n) is 2.81. The number of primary amides is 2. The Morgan fingerprint density at radius 2 is 1.33 bits per heavy atom. The van der Waals surface area contributed by atoms with Crippen LogP contribution < -0.4 is 44.6 Å². The second-order valence-electron chi connectivity index (χ2n) is 7.70. The Morgan fingerprint density at radius 3 is 1.83 bits per heavy atom. The van der Waals surface area contributed by atoms with Crippen LogP contribution in [0.15, 0.2) is 4.99 Å². The molecule has 0 aromatic carbocycles. The average molecular weight is 534 g/mol. The minimum Gasteiger partial charge on any atom is -0.480 e. The van der Waals surface area contributed by atoms with Gasteiger partial charge in [0.2, 0.25) is 29.5 Å². The number of nitrogens with two attached hydrogens (primary N) is 5. The molecule has 0 heterocycles. The zero-order valence-electron chi connectivity index (χ0n) is 19.9. The van der Waals surface area contributed by atoms with Crippen LogP contribution >= 0.6 is 11.8 Å². The highest BCUT2D eigenvalue weighted by molar-refractivity contribution is 7.98. The Bertz CT molecular complexity index is 836. The lowest BCUT2D eigenvalue weighted by Crippen LogP contribution is -2.58. The van der Waals surface area contributed by atoms with Crippen molar-refractivity contribution in [2.24, 2.45) is 33.7 Å². The van der Waals surface area contributed by atoms with E-state index in [1.54, 1.807) is 6.26 Å². The molecule has 14 N–H and O–H groups in total. The minimum atomic E-state index is -1.53. The summed E-state index contributed by atoms with van der Waals surface area (Å²) in [5.41, 5.74) is 26.3. The van der Waals surface area contributed by atoms with E-state index >= 15 is 0 Å². The number of carboxylic acids is 1. The standard InChI is InChI=1S/C19H35N9O7S/c1-36-6-4-11(18(34)35)27-16(32)10(3-2-5-25-19(23)24)26-17(33)12(8-14(22)30)28-15(31)9(20)7-13(21)29/h9-12H,2-8,20H2,1H3,(H2,21,29)(H2,22,30)(H,26,33)(H,27,32)(H,28,31)(H,34,35)(H4,23,24,25). The van der Waals surface area contributed by atoms with Crippen LogP contribution in [0.2, 0.25) is 0 Å². The summed E-state index contributed by atoms with van der Waals surface area (Å²) in [5, 5.41) is 16.3. The van der Waals surface area contributed by atoms with Crippen LogP contribution in [0, 0.1) is 0 Å². The van der Waals surface area contributed by atoms with Gasteiger partial charge in [0.1, 0.15) is 18.1 Å². The Balaban J connectivity index is 5.63. The number of aliphatic carboxylic acids is 1. The first-order valence-corrected chi connectivity index (χ1v) is 12.2. The highest BCUT2D eigenvalue weighted by Gasteiger charge is 2.31. The zero-order valence-corrected chi connectivity index (χ0v) is 20.7. The second kappa shape index (κ2) is 16.9. The van der Waals surface area contributed by atoms with Gasteiger partial charge >= 0.3 is 5.97 Å². The van der Waals surface area contributed by atoms with Gasteiger partial charge < -0.3 is 49.7 Å². The summed E-state index contributed by atoms with van der Waals surface area (Å²) in [6, 6.07) is -5.41. The molecule has 36 heavy (non-hydrogen) atoms. The third-order valence-electron chi connectivity index (χ3n) is 4.60. The smallest absolute Gasteiger partial charge is 0.326 e. The van der Waals surface area contributed by atoms with E-state index in [0.717, 1.165) is 0 Å². The number of nitrogens with zero attached hydrogens (tertiary/aromatic N) is 1. The van der Waals surface area contributed by atoms with Crippen molar-refractivity contribution in [2.45, 2.75) is 56.3 Å². The van der Waals surface area contributed by atoms with Crippen molar-refractivity contribution >= 4 is 53.2 Å². The van der Waals surface area contributed by atoms with Gasteiger partial charge in [0, 0.05) is 6.54 Å². The molecule has 17 heteroatoms. The lowest BCUT2D eigenvalue weighted by Gasteiger charge is -2.24. The molecule has 0 aromatic heterocycles. The van der Waals surface area contributed by atoms with E-state index in [4.69, 9.17) is 28.7 Å². The second-order valence-corrected chi connectivity index (χ2v) is 8.69. The molecule has 16 nitrogen and oxygen atoms in total. The summed E-state index contributed by atoms with van der Waals surface area (Å²) in [5.74, 6) is -5.52. The highest BCUT2D eigenvalue weighted by Crippen LogP contribution is 2.06. The first kappa shape index (κ1) is 32.4. The van der Waals surface area contributed by atoms with Gasteiger partial charge in [0.05, 0.1) is 18.9 Å². The van der Waals surface area contributed by atoms with E-state index in [1.807, 2.05) is 0 Å². The molecular formula is C19H35N9O7S. The van der Waals surface area contributed by atoms with Crippen LogP contribution in [0.4, 0.5) is 0 Å². The van der Waals surface area contributed by atoms with E-state index in [2.05, 4.69) is 20.9 Å². The number of carbonyl (C=O) groups is 6. The molecule has 0 aromatic rings. The van der Waals surface area contributed by atoms with Gasteiger partial charge in [-0.3, -0.25) is 29.0 Å². The number of carboxylic acid groups (broad SMARTS) is 1. The largest absolute Gasteiger partial charge is 0.480 e. The topological polar surface area (TPSA) is 301 Å². The summed E-state index contributed by atoms with van der Waals surface area (Å²) >= 11 is 1.39. The van der Waals surface area contributed by atoms with Crippen LogP contribution in [0.3, 0.4) is 0 Å². The first-order valence-electron chi connectivity index (χ1n) is 10.8. The molecule has 0 aliphatic heterocycles. The van der Waals surface area contributed by atoms with Crippen LogP contribution in [-0.4, -0.2) is 89.3 Å². The SMILES string of the molecule is CSCCC(NC(=O)C(CCCN=C(N)N)NC(=O)C(CC(N)=O)NC(=O)C(N)CC(N)=O)C(=O)O. The molecule has 5 amide bonds. The number of nitrogens with one attached hydrogen (secondary N) is 3. The Kier molecular flexibility index (Phi) is 15.2. The predicted octanol–water partition coefficient (Wildman–Crippen LogP) is -4.59. The number of aliphatic imine (C=N–C) groups is 1. The summed E-state index contributed by atoms with van der Waals surface area (Å²) in [6.45, 7) is 0.111. The van der Waals surface area contributed by atoms with Gasteiger partial charge in [0.15, 0.2) is 5.96 Å². The van der Waals surface area contributed by atoms with Crippen LogP contribution in [0.25, 0.3) is 0 Å². The fourth-order valence-corrected chi connectivity index (χ4v) is 3.28. The number of thioether (sulfide) groups is 1. The summed E-state index contributed by atoms with van der Waals surface area (Å²) in [7, 11) is 0. The molecule has 4 atom stereocenters. The molecule has 0 rings (SSSR count). The molecule has 0 radical (unpaired) electrons. The number of carbonyl (C=O) groups excluding carboxylic acids is 5. The fraction of sp³-hybridized carbons (Fsp3) is 0.632. The van der Waals surface area contributed by atoms with Crippen molar-refractivity contribution < 1.29 is 33.9 Å². The van der Waals surface area contributed by atoms with Gasteiger partial charge in [-0.25, -0.2) is 4.79 Å². The maximum atomic E-state index is 12.9. The Morgan fingerprint density at radius 1 is 0.806 bits per heavy atom. The molecule has 0 saturated heterocycles. The van der Waals surface area contributed by atoms with Crippen molar-refractivity contribution in [1.82, 2.24) is 16.0 Å². The number of rotatable bonds is 18. The van der Waals surface area contributed by atoms with E-state index in [1.165, 1.54) is 11.8 Å². The van der Waals surface area contributed by atoms with Crippen LogP contribution in [0.5, 0.6) is 0 Å². The Hall–Kier alpha value is -3.60. The lowest BCUT2D eigenvalue weighted by atomic mass is 10.1. The molecule has 0 bridgehead atoms. The molecule has 0 aliphatic carbocycles. The molecule has 0 aliphatic rings. The van der Waals surface area contributed by atoms with Crippen molar-refractivity contribution in [3.8, 4) is 0 Å². The number of guanidine groups is 1. The first-order chi connectivity index (χ1) is 16.8. The quantitative estimate of drug-likeness (QED) is 0.0458. The van der Waals surface area contributed by atoms with Crippen molar-refractivity contribution in [3.63, 3.8) is 0 Å². The number of amides is 5. The third-order valence-corrected chi connectivity index (χ3v) is 5.24. The maximum Gasteiger partial charge on any atom is 0.326 e. The van der Waals surface area contributed by atoms with Crippen LogP contribution in [-0.2, 0) is 28.8 Å². The third kappa shape index (κ3) is 14.0. The average Bonchev–Trinajstić information content (AvgIpc) is 2.76. The number of hydrogen-bond donors (Lipinski definition) is 9. The molecular weight excluding hydrogens is 498 g/mol. The molecule has 4 unspecified atom stereocenters. The normalized spacial score (nSPS) is 13.8. The molecule has 0 fully saturated rings. The molecule has 0 saturated carbocycles. The van der Waals surface area contributed by atoms with Crippen LogP contribution in [0.1, 0.15) is 32.1 Å². The zero-order chi connectivity index (χ0) is 27.8. The monoisotopic (exact) mass is 533 g/mol. The van der Waals surface area contributed by atoms with E-state index in [9.17, 15) is 33.9 Å². The van der Waals surface area contributed by atoms with Gasteiger partial charge in [0.25, 0.3) is 0 Å². The summed E-state index contributed by atoms with van der Waals surface area (Å²) < 4.78 is 0. The summed E-state index contributed by atoms with van der Waals surface area (Å²) in [4.78, 5) is 75.7. The van der Waals surface area contributed by atoms with Gasteiger partial charge in [-0.05, 0) is 31.3 Å². The van der Waals surface area contributed by atoms with E-state index in [-0.39, 0.29) is 31.8 Å².